The van der Waals surface area contributed by atoms with Crippen molar-refractivity contribution in [1.82, 2.24) is 33.6 Å². The molecule has 0 N–H and O–H groups in total. The molecule has 0 aliphatic heterocycles. The second-order valence-corrected chi connectivity index (χ2v) is 30.2. The first-order valence-electron chi connectivity index (χ1n) is 38.6. The Kier molecular flexibility index (Phi) is 12.4. The number of aromatic nitrogens is 7. The van der Waals surface area contributed by atoms with Crippen LogP contribution < -0.4 is 0 Å². The van der Waals surface area contributed by atoms with Crippen molar-refractivity contribution in [3.05, 3.63) is 346 Å². The van der Waals surface area contributed by atoms with Crippen LogP contribution in [0.2, 0.25) is 0 Å². The minimum atomic E-state index is 0.681. The molecule has 0 spiro atoms. The molecule has 10 heteroatoms. The van der Waals surface area contributed by atoms with E-state index >= 15 is 0 Å². The lowest BCUT2D eigenvalue weighted by Gasteiger charge is -2.14. The Morgan fingerprint density at radius 3 is 1.00 bits per heavy atom. The number of pyridine rings is 2. The monoisotopic (exact) mass is 1450 g/mol. The fraction of sp³-hybridized carbons (Fsp3) is 0. The number of hydrogen-bond donors (Lipinski definition) is 0. The maximum absolute atomic E-state index is 6.39. The molecule has 0 bridgehead atoms. The summed E-state index contributed by atoms with van der Waals surface area (Å²) in [4.78, 5) is 19.2. The molecule has 28 rings (SSSR count). The SMILES string of the molecule is c1ccc(-c2cccc(-n3c4cccc5c4c4c6c(cccc6ccc43)-c3cc4c(cc3-5)oc3ccccc34)n2)cc1.c1ccc(-n2c3cccc4c3c3c5c(cccc5ccc32)-c2cc3c(cc2-4)oc2ccccc23)nc1.c1cnc(-n2c3cccc4c3c3c5c(cccc5ccc32)-c2cc3c(cc2-4)oc2ccccc23)nc1. The summed E-state index contributed by atoms with van der Waals surface area (Å²) < 4.78 is 25.9. The molecule has 3 aliphatic rings. The fourth-order valence-corrected chi connectivity index (χ4v) is 19.7. The summed E-state index contributed by atoms with van der Waals surface area (Å²) in [5.41, 5.74) is 29.2. The van der Waals surface area contributed by atoms with E-state index in [9.17, 15) is 0 Å². The molecule has 9 aromatic heterocycles. The summed E-state index contributed by atoms with van der Waals surface area (Å²) in [7, 11) is 0. The zero-order valence-corrected chi connectivity index (χ0v) is 60.8. The largest absolute Gasteiger partial charge is 0.456 e. The van der Waals surface area contributed by atoms with Gasteiger partial charge in [-0.1, -0.05) is 206 Å². The van der Waals surface area contributed by atoms with Crippen molar-refractivity contribution >= 4 is 164 Å². The van der Waals surface area contributed by atoms with Crippen LogP contribution in [0.4, 0.5) is 0 Å². The molecule has 114 heavy (non-hydrogen) atoms. The number of furan rings is 3. The van der Waals surface area contributed by atoms with Crippen molar-refractivity contribution < 1.29 is 13.3 Å². The van der Waals surface area contributed by atoms with Gasteiger partial charge < -0.3 is 13.3 Å². The van der Waals surface area contributed by atoms with Crippen molar-refractivity contribution in [3.8, 4) is 95.6 Å². The number of fused-ring (bicyclic) bond motifs is 18. The van der Waals surface area contributed by atoms with E-state index in [0.29, 0.717) is 5.95 Å². The lowest BCUT2D eigenvalue weighted by Crippen LogP contribution is -1.99. The van der Waals surface area contributed by atoms with Crippen LogP contribution in [0, 0.1) is 0 Å². The summed E-state index contributed by atoms with van der Waals surface area (Å²) in [6, 6.07) is 117. The van der Waals surface area contributed by atoms with E-state index in [1.807, 2.05) is 54.7 Å². The number of rotatable bonds is 4. The number of nitrogens with zero attached hydrogens (tertiary/aromatic N) is 7. The standard InChI is InChI=1S/C39H22N2O.C33H18N2O.C32H17N3O/c1-2-9-23(10-3-1)31-15-8-18-36(40-31)41-32-16-7-14-27-29-22-35-30(25-12-4-5-17-34(25)42-35)21-28(29)26-13-6-11-24-19-20-33(41)39(37(24)26)38(27)32;1-2-12-28-20(8-1)25-17-23-21-9-5-7-19-14-15-27-33(31(19)21)32-22(24(23)18-29(25)36-28)10-6-11-26(32)35(27)30-13-3-4-16-34-30;1-2-11-27-19(7-1)24-16-22-20-8-3-6-18-12-13-26-31(29(18)20)30-21(23(22)17-28(24)36-27)9-4-10-25(30)35(26)32-33-14-5-15-34-32/h1-22H;1-18H;1-17H. The molecule has 3 aliphatic carbocycles. The topological polar surface area (TPSA) is 106 Å². The van der Waals surface area contributed by atoms with E-state index in [4.69, 9.17) is 23.2 Å². The minimum Gasteiger partial charge on any atom is -0.456 e. The van der Waals surface area contributed by atoms with Crippen molar-refractivity contribution in [2.75, 3.05) is 0 Å². The molecule has 0 atom stereocenters. The molecule has 16 aromatic carbocycles. The third kappa shape index (κ3) is 8.46. The van der Waals surface area contributed by atoms with E-state index < -0.39 is 0 Å². The zero-order valence-electron chi connectivity index (χ0n) is 60.8. The smallest absolute Gasteiger partial charge is 0.234 e. The van der Waals surface area contributed by atoms with E-state index in [2.05, 4.69) is 303 Å². The van der Waals surface area contributed by atoms with Crippen LogP contribution in [-0.2, 0) is 0 Å². The maximum atomic E-state index is 6.39. The second-order valence-electron chi connectivity index (χ2n) is 30.2. The summed E-state index contributed by atoms with van der Waals surface area (Å²) in [6.07, 6.45) is 5.47. The molecule has 9 heterocycles. The molecule has 0 saturated heterocycles. The van der Waals surface area contributed by atoms with Crippen molar-refractivity contribution in [2.24, 2.45) is 0 Å². The van der Waals surface area contributed by atoms with E-state index in [0.717, 1.165) is 111 Å². The third-order valence-corrected chi connectivity index (χ3v) is 24.3. The average Bonchev–Trinajstić information content (AvgIpc) is 1.55. The number of para-hydroxylation sites is 3. The summed E-state index contributed by atoms with van der Waals surface area (Å²) in [5.74, 6) is 2.53. The molecule has 0 unspecified atom stereocenters. The molecular formula is C104H57N7O3. The number of benzene rings is 16. The Hall–Kier alpha value is -15.5. The van der Waals surface area contributed by atoms with E-state index in [1.54, 1.807) is 12.4 Å². The lowest BCUT2D eigenvalue weighted by atomic mass is 9.92. The average molecular weight is 1450 g/mol. The highest BCUT2D eigenvalue weighted by atomic mass is 16.3. The Morgan fingerprint density at radius 1 is 0.202 bits per heavy atom. The first kappa shape index (κ1) is 61.4. The second kappa shape index (κ2) is 23.0. The van der Waals surface area contributed by atoms with Crippen LogP contribution in [0.3, 0.4) is 0 Å². The predicted molar refractivity (Wildman–Crippen MR) is 467 cm³/mol. The molecular weight excluding hydrogens is 1400 g/mol. The number of hydrogen-bond acceptors (Lipinski definition) is 7. The van der Waals surface area contributed by atoms with Crippen LogP contribution in [0.5, 0.6) is 0 Å². The van der Waals surface area contributed by atoms with Crippen molar-refractivity contribution in [3.63, 3.8) is 0 Å². The molecule has 526 valence electrons. The van der Waals surface area contributed by atoms with Gasteiger partial charge in [-0.25, -0.2) is 19.9 Å². The van der Waals surface area contributed by atoms with Crippen LogP contribution in [0.15, 0.2) is 359 Å². The predicted octanol–water partition coefficient (Wildman–Crippen LogP) is 27.7. The highest BCUT2D eigenvalue weighted by Gasteiger charge is 2.31. The zero-order chi connectivity index (χ0) is 74.1. The highest BCUT2D eigenvalue weighted by molar-refractivity contribution is 6.35. The van der Waals surface area contributed by atoms with Crippen LogP contribution >= 0.6 is 0 Å². The maximum Gasteiger partial charge on any atom is 0.234 e. The van der Waals surface area contributed by atoms with Gasteiger partial charge in [0, 0.05) is 88.8 Å². The van der Waals surface area contributed by atoms with Crippen LogP contribution in [0.1, 0.15) is 0 Å². The van der Waals surface area contributed by atoms with Gasteiger partial charge in [-0.3, -0.25) is 13.7 Å². The molecule has 25 aromatic rings. The van der Waals surface area contributed by atoms with Gasteiger partial charge in [-0.15, -0.1) is 0 Å². The minimum absolute atomic E-state index is 0.681. The van der Waals surface area contributed by atoms with Gasteiger partial charge in [0.15, 0.2) is 0 Å². The van der Waals surface area contributed by atoms with Gasteiger partial charge >= 0.3 is 0 Å². The van der Waals surface area contributed by atoms with Crippen molar-refractivity contribution in [2.45, 2.75) is 0 Å². The first-order chi connectivity index (χ1) is 56.6. The van der Waals surface area contributed by atoms with Crippen molar-refractivity contribution in [1.29, 1.82) is 0 Å². The fourth-order valence-electron chi connectivity index (χ4n) is 19.7. The van der Waals surface area contributed by atoms with Gasteiger partial charge in [-0.05, 0) is 220 Å². The third-order valence-electron chi connectivity index (χ3n) is 24.3. The van der Waals surface area contributed by atoms with Crippen LogP contribution in [-0.4, -0.2) is 33.6 Å². The summed E-state index contributed by atoms with van der Waals surface area (Å²) >= 11 is 0. The van der Waals surface area contributed by atoms with Gasteiger partial charge in [0.1, 0.15) is 45.1 Å². The Bertz CT molecular complexity index is 8230. The van der Waals surface area contributed by atoms with Gasteiger partial charge in [0.05, 0.1) is 38.8 Å². The Morgan fingerprint density at radius 2 is 0.553 bits per heavy atom. The van der Waals surface area contributed by atoms with Gasteiger partial charge in [0.25, 0.3) is 0 Å². The highest BCUT2D eigenvalue weighted by Crippen LogP contribution is 2.56. The Balaban J connectivity index is 0.0000000945. The summed E-state index contributed by atoms with van der Waals surface area (Å²) in [6.45, 7) is 0. The quantitative estimate of drug-likeness (QED) is 0.173. The normalized spacial score (nSPS) is 12.4. The lowest BCUT2D eigenvalue weighted by molar-refractivity contribution is 0.668. The van der Waals surface area contributed by atoms with Gasteiger partial charge in [0.2, 0.25) is 5.95 Å². The molecule has 10 nitrogen and oxygen atoms in total. The van der Waals surface area contributed by atoms with Gasteiger partial charge in [-0.2, -0.15) is 0 Å². The van der Waals surface area contributed by atoms with E-state index in [1.165, 1.54) is 142 Å². The summed E-state index contributed by atoms with van der Waals surface area (Å²) in [5, 5.41) is 22.1. The molecule has 0 radical (unpaired) electrons. The molecule has 0 fully saturated rings. The Labute approximate surface area is 648 Å². The molecule has 0 amide bonds. The van der Waals surface area contributed by atoms with Crippen LogP contribution in [0.25, 0.3) is 259 Å². The van der Waals surface area contributed by atoms with E-state index in [-0.39, 0.29) is 0 Å². The molecule has 0 saturated carbocycles. The first-order valence-corrected chi connectivity index (χ1v) is 38.6.